The van der Waals surface area contributed by atoms with E-state index in [9.17, 15) is 0 Å². The van der Waals surface area contributed by atoms with Gasteiger partial charge in [-0.15, -0.1) is 12.4 Å². The smallest absolute Gasteiger partial charge is 1.00 e. The van der Waals surface area contributed by atoms with E-state index in [4.69, 9.17) is 0 Å². The van der Waals surface area contributed by atoms with Crippen LogP contribution < -0.4 is 0 Å². The number of hydrogen-bond acceptors (Lipinski definition) is 0. The van der Waals surface area contributed by atoms with Gasteiger partial charge in [0.1, 0.15) is 0 Å². The summed E-state index contributed by atoms with van der Waals surface area (Å²) >= 11 is 0. The average molecular weight is 351 g/mol. The van der Waals surface area contributed by atoms with Crippen LogP contribution in [0.5, 0.6) is 0 Å². The summed E-state index contributed by atoms with van der Waals surface area (Å²) in [6.07, 6.45) is 0. The van der Waals surface area contributed by atoms with Gasteiger partial charge in [0.25, 0.3) is 0 Å². The van der Waals surface area contributed by atoms with Crippen LogP contribution in [-0.2, 0) is 0 Å². The van der Waals surface area contributed by atoms with Crippen LogP contribution in [0.15, 0.2) is 0 Å². The molecule has 0 saturated heterocycles. The monoisotopic (exact) mass is 352 g/mol. The maximum atomic E-state index is 0. The first-order chi connectivity index (χ1) is 0. The molecule has 0 aromatic heterocycles. The van der Waals surface area contributed by atoms with E-state index in [2.05, 4.69) is 0 Å². The van der Waals surface area contributed by atoms with Crippen LogP contribution in [-0.4, -0.2) is 109 Å². The van der Waals surface area contributed by atoms with Gasteiger partial charge in [-0.05, 0) is 0 Å². The molecule has 0 atom stereocenters. The van der Waals surface area contributed by atoms with Crippen molar-refractivity contribution in [1.29, 1.82) is 0 Å². The Morgan fingerprint density at radius 3 is 0.800 bits per heavy atom. The Kier molecular flexibility index (Phi) is 212. The molecular formula is H9Ba2ClO2. The van der Waals surface area contributed by atoms with E-state index >= 15 is 0 Å². The second-order valence-corrected chi connectivity index (χ2v) is 0. The fraction of sp³-hybridized carbons (Fsp3) is 0. The molecule has 0 aromatic rings. The molecule has 0 rings (SSSR count). The quantitative estimate of drug-likeness (QED) is 0.475. The molecule has 2 nitrogen and oxygen atoms in total. The molecule has 0 amide bonds. The Morgan fingerprint density at radius 1 is 0.800 bits per heavy atom. The Bertz CT molecular complexity index is 16.5. The molecule has 0 radical (unpaired) electrons. The second kappa shape index (κ2) is 26.4. The summed E-state index contributed by atoms with van der Waals surface area (Å²) in [5, 5.41) is 0. The standard InChI is InChI=1S/2Ba.ClH.2H2O.4H/h;;1H;2*1H2;;;;/q2*+2;;;;4*-1. The van der Waals surface area contributed by atoms with Gasteiger partial charge in [0.15, 0.2) is 0 Å². The molecule has 0 bridgehead atoms. The predicted octanol–water partition coefficient (Wildman–Crippen LogP) is -1.54. The van der Waals surface area contributed by atoms with Gasteiger partial charge in [0, 0.05) is 0 Å². The molecule has 0 heterocycles. The molecule has 0 saturated carbocycles. The molecule has 0 aliphatic heterocycles. The SMILES string of the molecule is Cl.O.O.[Ba+2].[Ba+2].[H-].[H-].[H-].[H-]. The van der Waals surface area contributed by atoms with Gasteiger partial charge in [-0.2, -0.15) is 0 Å². The molecule has 0 unspecified atom stereocenters. The molecule has 0 aromatic carbocycles. The van der Waals surface area contributed by atoms with Gasteiger partial charge in [0.2, 0.25) is 0 Å². The van der Waals surface area contributed by atoms with Crippen LogP contribution in [0.2, 0.25) is 0 Å². The fourth-order valence-corrected chi connectivity index (χ4v) is 0. The zero-order valence-electron chi connectivity index (χ0n) is 6.82. The molecule has 0 aliphatic carbocycles. The first kappa shape index (κ1) is 40.2. The van der Waals surface area contributed by atoms with Crippen molar-refractivity contribution in [2.24, 2.45) is 0 Å². The number of halogens is 1. The van der Waals surface area contributed by atoms with Gasteiger partial charge in [-0.25, -0.2) is 0 Å². The van der Waals surface area contributed by atoms with Crippen molar-refractivity contribution < 1.29 is 16.7 Å². The predicted molar refractivity (Wildman–Crippen MR) is 30.4 cm³/mol. The average Bonchev–Trinajstić information content (AvgIpc) is 0. The third-order valence-corrected chi connectivity index (χ3v) is 0. The first-order valence-corrected chi connectivity index (χ1v) is 0. The minimum absolute atomic E-state index is 0. The van der Waals surface area contributed by atoms with Gasteiger partial charge in [0.05, 0.1) is 0 Å². The molecule has 32 valence electrons. The van der Waals surface area contributed by atoms with Crippen LogP contribution >= 0.6 is 12.4 Å². The summed E-state index contributed by atoms with van der Waals surface area (Å²) in [6, 6.07) is 0. The van der Waals surface area contributed by atoms with Crippen LogP contribution in [0.1, 0.15) is 5.71 Å². The number of rotatable bonds is 0. The fourth-order valence-electron chi connectivity index (χ4n) is 0. The Balaban J connectivity index is 0. The van der Waals surface area contributed by atoms with Crippen LogP contribution in [0.3, 0.4) is 0 Å². The van der Waals surface area contributed by atoms with Crippen LogP contribution in [0, 0.1) is 0 Å². The van der Waals surface area contributed by atoms with Crippen molar-refractivity contribution in [3.63, 3.8) is 0 Å². The van der Waals surface area contributed by atoms with Crippen molar-refractivity contribution in [1.82, 2.24) is 0 Å². The minimum atomic E-state index is 0. The van der Waals surface area contributed by atoms with E-state index in [1.807, 2.05) is 0 Å². The molecule has 0 aliphatic rings. The maximum absolute atomic E-state index is 0. The summed E-state index contributed by atoms with van der Waals surface area (Å²) in [7, 11) is 0. The molecule has 4 N–H and O–H groups in total. The van der Waals surface area contributed by atoms with Crippen molar-refractivity contribution in [2.75, 3.05) is 0 Å². The van der Waals surface area contributed by atoms with Crippen molar-refractivity contribution in [3.8, 4) is 0 Å². The van der Waals surface area contributed by atoms with E-state index in [0.29, 0.717) is 0 Å². The van der Waals surface area contributed by atoms with Crippen molar-refractivity contribution in [2.45, 2.75) is 0 Å². The van der Waals surface area contributed by atoms with E-state index in [-0.39, 0.29) is 127 Å². The zero-order valence-corrected chi connectivity index (χ0v) is 12.5. The van der Waals surface area contributed by atoms with E-state index < -0.39 is 0 Å². The third kappa shape index (κ3) is 18.7. The summed E-state index contributed by atoms with van der Waals surface area (Å²) in [4.78, 5) is 0. The van der Waals surface area contributed by atoms with Crippen LogP contribution in [0.4, 0.5) is 0 Å². The van der Waals surface area contributed by atoms with Gasteiger partial charge < -0.3 is 16.7 Å². The normalized spacial score (nSPS) is 0. The van der Waals surface area contributed by atoms with Crippen molar-refractivity contribution in [3.05, 3.63) is 0 Å². The first-order valence-electron chi connectivity index (χ1n) is 0. The van der Waals surface area contributed by atoms with Gasteiger partial charge in [-0.1, -0.05) is 0 Å². The van der Waals surface area contributed by atoms with Crippen molar-refractivity contribution >= 4 is 110 Å². The Hall–Kier alpha value is 3.35. The molecular weight excluding hydrogens is 342 g/mol. The Morgan fingerprint density at radius 2 is 0.800 bits per heavy atom. The Labute approximate surface area is 124 Å². The molecule has 5 heteroatoms. The molecule has 0 fully saturated rings. The topological polar surface area (TPSA) is 63.0 Å². The maximum Gasteiger partial charge on any atom is 2.00 e. The van der Waals surface area contributed by atoms with E-state index in [1.54, 1.807) is 0 Å². The third-order valence-electron chi connectivity index (χ3n) is 0. The zero-order chi connectivity index (χ0) is 0. The summed E-state index contributed by atoms with van der Waals surface area (Å²) < 4.78 is 0. The van der Waals surface area contributed by atoms with E-state index in [0.717, 1.165) is 0 Å². The minimum Gasteiger partial charge on any atom is -1.00 e. The summed E-state index contributed by atoms with van der Waals surface area (Å²) in [5.41, 5.74) is 0. The van der Waals surface area contributed by atoms with E-state index in [1.165, 1.54) is 0 Å². The number of hydrogen-bond donors (Lipinski definition) is 0. The second-order valence-electron chi connectivity index (χ2n) is 0. The summed E-state index contributed by atoms with van der Waals surface area (Å²) in [5.74, 6) is 0. The largest absolute Gasteiger partial charge is 2.00 e. The summed E-state index contributed by atoms with van der Waals surface area (Å²) in [6.45, 7) is 0. The molecule has 0 spiro atoms. The van der Waals surface area contributed by atoms with Gasteiger partial charge >= 0.3 is 97.8 Å². The van der Waals surface area contributed by atoms with Gasteiger partial charge in [-0.3, -0.25) is 0 Å². The molecule has 5 heavy (non-hydrogen) atoms. The van der Waals surface area contributed by atoms with Crippen LogP contribution in [0.25, 0.3) is 0 Å².